The van der Waals surface area contributed by atoms with Crippen LogP contribution in [0.25, 0.3) is 0 Å². The average molecular weight is 371 g/mol. The average Bonchev–Trinajstić information content (AvgIpc) is 2.61. The number of aromatic nitrogens is 4. The van der Waals surface area contributed by atoms with Gasteiger partial charge in [0.05, 0.1) is 23.9 Å². The summed E-state index contributed by atoms with van der Waals surface area (Å²) in [5.74, 6) is 0.471. The van der Waals surface area contributed by atoms with Gasteiger partial charge in [-0.25, -0.2) is 4.98 Å². The molecule has 1 fully saturated rings. The molecule has 0 saturated carbocycles. The van der Waals surface area contributed by atoms with Crippen LogP contribution in [0.4, 0.5) is 0 Å². The van der Waals surface area contributed by atoms with Crippen molar-refractivity contribution in [1.82, 2.24) is 24.0 Å². The normalized spacial score (nSPS) is 16.6. The Labute approximate surface area is 159 Å². The molecule has 0 amide bonds. The number of likely N-dealkylation sites (tertiary alicyclic amines) is 1. The Balaban J connectivity index is 1.58. The molecule has 27 heavy (non-hydrogen) atoms. The third kappa shape index (κ3) is 4.71. The van der Waals surface area contributed by atoms with E-state index in [1.165, 1.54) is 6.20 Å². The Morgan fingerprint density at radius 1 is 1.11 bits per heavy atom. The van der Waals surface area contributed by atoms with E-state index in [0.29, 0.717) is 5.92 Å². The van der Waals surface area contributed by atoms with Gasteiger partial charge in [-0.3, -0.25) is 24.0 Å². The molecule has 3 rings (SSSR count). The van der Waals surface area contributed by atoms with Crippen molar-refractivity contribution in [3.63, 3.8) is 0 Å². The molecule has 2 aromatic rings. The summed E-state index contributed by atoms with van der Waals surface area (Å²) < 4.78 is 3.39. The van der Waals surface area contributed by atoms with Gasteiger partial charge in [0.2, 0.25) is 0 Å². The van der Waals surface area contributed by atoms with E-state index in [2.05, 4.69) is 35.6 Å². The van der Waals surface area contributed by atoms with Crippen LogP contribution < -0.4 is 11.1 Å². The molecule has 0 atom stereocenters. The summed E-state index contributed by atoms with van der Waals surface area (Å²) in [4.78, 5) is 34.9. The van der Waals surface area contributed by atoms with Crippen LogP contribution in [-0.4, -0.2) is 37.1 Å². The maximum Gasteiger partial charge on any atom is 0.268 e. The second-order valence-electron chi connectivity index (χ2n) is 8.53. The third-order valence-electron chi connectivity index (χ3n) is 5.37. The lowest BCUT2D eigenvalue weighted by Gasteiger charge is -2.32. The number of hydrogen-bond donors (Lipinski definition) is 0. The SMILES string of the molecule is Cn1c(CN2CCC(Cn3cnc(C(C)(C)C)cc3=O)CC2)cncc1=O. The lowest BCUT2D eigenvalue weighted by molar-refractivity contribution is 0.163. The molecule has 0 radical (unpaired) electrons. The molecule has 1 saturated heterocycles. The number of piperidine rings is 1. The van der Waals surface area contributed by atoms with Crippen LogP contribution in [0.3, 0.4) is 0 Å². The van der Waals surface area contributed by atoms with Gasteiger partial charge in [0.15, 0.2) is 0 Å². The van der Waals surface area contributed by atoms with Gasteiger partial charge < -0.3 is 4.57 Å². The van der Waals surface area contributed by atoms with Crippen molar-refractivity contribution < 1.29 is 0 Å². The van der Waals surface area contributed by atoms with E-state index in [1.54, 1.807) is 34.8 Å². The fourth-order valence-corrected chi connectivity index (χ4v) is 3.46. The first kappa shape index (κ1) is 19.5. The molecule has 0 aliphatic carbocycles. The zero-order valence-electron chi connectivity index (χ0n) is 16.7. The molecule has 146 valence electrons. The molecule has 0 aromatic carbocycles. The van der Waals surface area contributed by atoms with Gasteiger partial charge >= 0.3 is 0 Å². The van der Waals surface area contributed by atoms with Crippen LogP contribution >= 0.6 is 0 Å². The quantitative estimate of drug-likeness (QED) is 0.815. The first-order valence-electron chi connectivity index (χ1n) is 9.53. The summed E-state index contributed by atoms with van der Waals surface area (Å²) in [7, 11) is 1.78. The van der Waals surface area contributed by atoms with Crippen molar-refractivity contribution in [1.29, 1.82) is 0 Å². The van der Waals surface area contributed by atoms with E-state index in [1.807, 2.05) is 0 Å². The van der Waals surface area contributed by atoms with E-state index in [4.69, 9.17) is 0 Å². The van der Waals surface area contributed by atoms with Gasteiger partial charge in [0, 0.05) is 37.8 Å². The van der Waals surface area contributed by atoms with E-state index >= 15 is 0 Å². The van der Waals surface area contributed by atoms with Crippen LogP contribution in [0.1, 0.15) is 45.0 Å². The van der Waals surface area contributed by atoms with Crippen molar-refractivity contribution in [2.75, 3.05) is 13.1 Å². The van der Waals surface area contributed by atoms with Gasteiger partial charge in [-0.15, -0.1) is 0 Å². The van der Waals surface area contributed by atoms with Gasteiger partial charge in [-0.05, 0) is 31.8 Å². The van der Waals surface area contributed by atoms with Gasteiger partial charge in [0.25, 0.3) is 11.1 Å². The first-order valence-corrected chi connectivity index (χ1v) is 9.53. The monoisotopic (exact) mass is 371 g/mol. The summed E-state index contributed by atoms with van der Waals surface area (Å²) in [6.45, 7) is 9.54. The van der Waals surface area contributed by atoms with Crippen LogP contribution in [-0.2, 0) is 25.6 Å². The predicted octanol–water partition coefficient (Wildman–Crippen LogP) is 1.55. The zero-order valence-corrected chi connectivity index (χ0v) is 16.7. The molecular weight excluding hydrogens is 342 g/mol. The second-order valence-corrected chi connectivity index (χ2v) is 8.53. The highest BCUT2D eigenvalue weighted by molar-refractivity contribution is 5.10. The minimum atomic E-state index is -0.115. The number of rotatable bonds is 4. The molecule has 0 bridgehead atoms. The first-order chi connectivity index (χ1) is 12.7. The molecule has 2 aromatic heterocycles. The molecule has 1 aliphatic heterocycles. The largest absolute Gasteiger partial charge is 0.312 e. The van der Waals surface area contributed by atoms with Gasteiger partial charge in [-0.2, -0.15) is 0 Å². The fourth-order valence-electron chi connectivity index (χ4n) is 3.46. The number of hydrogen-bond acceptors (Lipinski definition) is 5. The Hall–Kier alpha value is -2.28. The fraction of sp³-hybridized carbons (Fsp3) is 0.600. The van der Waals surface area contributed by atoms with Crippen LogP contribution in [0.5, 0.6) is 0 Å². The van der Waals surface area contributed by atoms with E-state index < -0.39 is 0 Å². The van der Waals surface area contributed by atoms with Gasteiger partial charge in [-0.1, -0.05) is 20.8 Å². The summed E-state index contributed by atoms with van der Waals surface area (Å²) in [6, 6.07) is 1.66. The lowest BCUT2D eigenvalue weighted by atomic mass is 9.92. The number of nitrogens with zero attached hydrogens (tertiary/aromatic N) is 5. The van der Waals surface area contributed by atoms with Crippen molar-refractivity contribution in [3.8, 4) is 0 Å². The Kier molecular flexibility index (Phi) is 5.60. The highest BCUT2D eigenvalue weighted by Crippen LogP contribution is 2.21. The zero-order chi connectivity index (χ0) is 19.6. The van der Waals surface area contributed by atoms with Crippen LogP contribution in [0, 0.1) is 5.92 Å². The topological polar surface area (TPSA) is 73.0 Å². The van der Waals surface area contributed by atoms with E-state index in [9.17, 15) is 9.59 Å². The van der Waals surface area contributed by atoms with Gasteiger partial charge in [0.1, 0.15) is 0 Å². The third-order valence-corrected chi connectivity index (χ3v) is 5.37. The predicted molar refractivity (Wildman–Crippen MR) is 105 cm³/mol. The lowest BCUT2D eigenvalue weighted by Crippen LogP contribution is -2.37. The smallest absolute Gasteiger partial charge is 0.268 e. The maximum absolute atomic E-state index is 12.4. The highest BCUT2D eigenvalue weighted by atomic mass is 16.1. The van der Waals surface area contributed by atoms with Crippen molar-refractivity contribution in [3.05, 3.63) is 56.9 Å². The molecule has 1 aliphatic rings. The molecule has 0 N–H and O–H groups in total. The summed E-state index contributed by atoms with van der Waals surface area (Å²) in [6.07, 6.45) is 6.85. The van der Waals surface area contributed by atoms with Crippen LogP contribution in [0.15, 0.2) is 34.4 Å². The molecule has 3 heterocycles. The minimum Gasteiger partial charge on any atom is -0.312 e. The standard InChI is InChI=1S/C20H29N5O2/c1-20(2,3)17-9-18(26)25(14-22-17)12-15-5-7-24(8-6-15)13-16-10-21-11-19(27)23(16)4/h9-11,14-15H,5-8,12-13H2,1-4H3. The summed E-state index contributed by atoms with van der Waals surface area (Å²) in [5.41, 5.74) is 1.60. The maximum atomic E-state index is 12.4. The minimum absolute atomic E-state index is 0.0303. The molecular formula is C20H29N5O2. The molecule has 7 heteroatoms. The molecule has 0 spiro atoms. The van der Waals surface area contributed by atoms with E-state index in [0.717, 1.165) is 50.4 Å². The second kappa shape index (κ2) is 7.76. The van der Waals surface area contributed by atoms with E-state index in [-0.39, 0.29) is 16.5 Å². The molecule has 0 unspecified atom stereocenters. The molecule has 7 nitrogen and oxygen atoms in total. The summed E-state index contributed by atoms with van der Waals surface area (Å²) in [5, 5.41) is 0. The van der Waals surface area contributed by atoms with Crippen LogP contribution in [0.2, 0.25) is 0 Å². The van der Waals surface area contributed by atoms with Crippen molar-refractivity contribution in [2.45, 2.75) is 52.1 Å². The van der Waals surface area contributed by atoms with Crippen molar-refractivity contribution >= 4 is 0 Å². The Morgan fingerprint density at radius 2 is 1.81 bits per heavy atom. The Bertz CT molecular complexity index is 902. The van der Waals surface area contributed by atoms with Crippen molar-refractivity contribution in [2.24, 2.45) is 13.0 Å². The Morgan fingerprint density at radius 3 is 2.44 bits per heavy atom. The summed E-state index contributed by atoms with van der Waals surface area (Å²) >= 11 is 0. The highest BCUT2D eigenvalue weighted by Gasteiger charge is 2.22.